The molecule has 1 N–H and O–H groups in total. The second kappa shape index (κ2) is 5.28. The first-order chi connectivity index (χ1) is 7.34. The average Bonchev–Trinajstić information content (AvgIpc) is 2.66. The monoisotopic (exact) mass is 208 g/mol. The molecule has 0 unspecified atom stereocenters. The third-order valence-corrected chi connectivity index (χ3v) is 2.86. The highest BCUT2D eigenvalue weighted by Gasteiger charge is 2.08. The van der Waals surface area contributed by atoms with Gasteiger partial charge in [-0.1, -0.05) is 6.42 Å². The Labute approximate surface area is 91.2 Å². The first kappa shape index (κ1) is 10.6. The van der Waals surface area contributed by atoms with E-state index in [1.807, 2.05) is 17.9 Å². The molecule has 0 amide bonds. The van der Waals surface area contributed by atoms with Gasteiger partial charge in [-0.3, -0.25) is 10.1 Å². The fourth-order valence-corrected chi connectivity index (χ4v) is 2.01. The molecule has 0 aromatic carbocycles. The van der Waals surface area contributed by atoms with Crippen LogP contribution in [0.25, 0.3) is 0 Å². The van der Waals surface area contributed by atoms with E-state index in [0.717, 1.165) is 13.0 Å². The summed E-state index contributed by atoms with van der Waals surface area (Å²) in [5, 5.41) is 6.50. The number of nitrogens with one attached hydrogen (secondary N) is 1. The molecule has 4 heteroatoms. The molecule has 4 nitrogen and oxygen atoms in total. The van der Waals surface area contributed by atoms with Gasteiger partial charge in [0.05, 0.1) is 6.20 Å². The van der Waals surface area contributed by atoms with Crippen molar-refractivity contribution >= 4 is 0 Å². The van der Waals surface area contributed by atoms with E-state index < -0.39 is 0 Å². The summed E-state index contributed by atoms with van der Waals surface area (Å²) in [6, 6.07) is 0. The molecule has 0 bridgehead atoms. The van der Waals surface area contributed by atoms with Crippen LogP contribution in [0, 0.1) is 0 Å². The molecule has 1 aliphatic heterocycles. The maximum Gasteiger partial charge on any atom is 0.0522 e. The van der Waals surface area contributed by atoms with E-state index in [9.17, 15) is 0 Å². The van der Waals surface area contributed by atoms with Crippen molar-refractivity contribution in [3.8, 4) is 0 Å². The zero-order chi connectivity index (χ0) is 10.5. The van der Waals surface area contributed by atoms with Gasteiger partial charge in [-0.15, -0.1) is 0 Å². The Hall–Kier alpha value is -0.870. The zero-order valence-electron chi connectivity index (χ0n) is 9.45. The van der Waals surface area contributed by atoms with Crippen LogP contribution in [0.2, 0.25) is 0 Å². The maximum atomic E-state index is 4.16. The van der Waals surface area contributed by atoms with Crippen LogP contribution in [0.1, 0.15) is 24.8 Å². The van der Waals surface area contributed by atoms with Gasteiger partial charge in [0.25, 0.3) is 0 Å². The highest BCUT2D eigenvalue weighted by Crippen LogP contribution is 2.05. The van der Waals surface area contributed by atoms with E-state index in [1.54, 1.807) is 0 Å². The molecule has 2 rings (SSSR count). The van der Waals surface area contributed by atoms with Crippen molar-refractivity contribution in [2.75, 3.05) is 19.6 Å². The molecule has 0 aliphatic carbocycles. The van der Waals surface area contributed by atoms with Gasteiger partial charge in [0, 0.05) is 32.9 Å². The normalized spacial score (nSPS) is 18.2. The summed E-state index contributed by atoms with van der Waals surface area (Å²) in [5.74, 6) is 0. The summed E-state index contributed by atoms with van der Waals surface area (Å²) in [4.78, 5) is 0. The second-order valence-corrected chi connectivity index (χ2v) is 4.23. The van der Waals surface area contributed by atoms with E-state index in [4.69, 9.17) is 0 Å². The van der Waals surface area contributed by atoms with Gasteiger partial charge in [-0.2, -0.15) is 5.10 Å². The third kappa shape index (κ3) is 3.32. The summed E-state index contributed by atoms with van der Waals surface area (Å²) < 4.78 is 1.86. The lowest BCUT2D eigenvalue weighted by Crippen LogP contribution is -2.42. The largest absolute Gasteiger partial charge is 0.276 e. The Balaban J connectivity index is 1.65. The standard InChI is InChI=1S/C11H20N4/c1-14-10-11(9-13-14)5-6-12-15-7-3-2-4-8-15/h9-10,12H,2-8H2,1H3. The minimum atomic E-state index is 1.02. The van der Waals surface area contributed by atoms with Crippen molar-refractivity contribution in [2.45, 2.75) is 25.7 Å². The van der Waals surface area contributed by atoms with Crippen LogP contribution in [0.4, 0.5) is 0 Å². The highest BCUT2D eigenvalue weighted by molar-refractivity contribution is 5.03. The summed E-state index contributed by atoms with van der Waals surface area (Å²) in [5.41, 5.74) is 4.78. The SMILES string of the molecule is Cn1cc(CCNN2CCCCC2)cn1. The molecule has 84 valence electrons. The summed E-state index contributed by atoms with van der Waals surface area (Å²) in [7, 11) is 1.96. The molecule has 1 aromatic heterocycles. The zero-order valence-corrected chi connectivity index (χ0v) is 9.45. The molecular formula is C11H20N4. The predicted octanol–water partition coefficient (Wildman–Crippen LogP) is 0.953. The lowest BCUT2D eigenvalue weighted by atomic mass is 10.2. The van der Waals surface area contributed by atoms with Crippen LogP contribution in [0.15, 0.2) is 12.4 Å². The number of hydrogen-bond donors (Lipinski definition) is 1. The molecule has 1 aromatic rings. The molecular weight excluding hydrogens is 188 g/mol. The minimum absolute atomic E-state index is 1.02. The van der Waals surface area contributed by atoms with Crippen molar-refractivity contribution < 1.29 is 0 Å². The first-order valence-electron chi connectivity index (χ1n) is 5.80. The van der Waals surface area contributed by atoms with E-state index in [1.165, 1.54) is 37.9 Å². The number of nitrogens with zero attached hydrogens (tertiary/aromatic N) is 3. The molecule has 0 radical (unpaired) electrons. The van der Waals surface area contributed by atoms with Crippen LogP contribution >= 0.6 is 0 Å². The Morgan fingerprint density at radius 1 is 1.33 bits per heavy atom. The van der Waals surface area contributed by atoms with E-state index in [2.05, 4.69) is 21.7 Å². The minimum Gasteiger partial charge on any atom is -0.276 e. The van der Waals surface area contributed by atoms with Gasteiger partial charge in [-0.05, 0) is 24.8 Å². The van der Waals surface area contributed by atoms with Gasteiger partial charge in [0.2, 0.25) is 0 Å². The Morgan fingerprint density at radius 3 is 2.80 bits per heavy atom. The van der Waals surface area contributed by atoms with Crippen molar-refractivity contribution in [1.82, 2.24) is 20.2 Å². The van der Waals surface area contributed by atoms with Gasteiger partial charge >= 0.3 is 0 Å². The topological polar surface area (TPSA) is 33.1 Å². The second-order valence-electron chi connectivity index (χ2n) is 4.23. The summed E-state index contributed by atoms with van der Waals surface area (Å²) in [6.45, 7) is 3.42. The Bertz CT molecular complexity index is 289. The number of hydrogen-bond acceptors (Lipinski definition) is 3. The van der Waals surface area contributed by atoms with Crippen molar-refractivity contribution in [3.63, 3.8) is 0 Å². The molecule has 0 spiro atoms. The van der Waals surface area contributed by atoms with E-state index in [0.29, 0.717) is 0 Å². The highest BCUT2D eigenvalue weighted by atomic mass is 15.5. The lowest BCUT2D eigenvalue weighted by Gasteiger charge is -2.26. The van der Waals surface area contributed by atoms with Gasteiger partial charge < -0.3 is 0 Å². The third-order valence-electron chi connectivity index (χ3n) is 2.86. The van der Waals surface area contributed by atoms with Crippen LogP contribution < -0.4 is 5.43 Å². The van der Waals surface area contributed by atoms with Crippen molar-refractivity contribution in [2.24, 2.45) is 7.05 Å². The Morgan fingerprint density at radius 2 is 2.13 bits per heavy atom. The van der Waals surface area contributed by atoms with Gasteiger partial charge in [-0.25, -0.2) is 5.01 Å². The lowest BCUT2D eigenvalue weighted by molar-refractivity contribution is 0.155. The fraction of sp³-hybridized carbons (Fsp3) is 0.727. The first-order valence-corrected chi connectivity index (χ1v) is 5.80. The van der Waals surface area contributed by atoms with Crippen molar-refractivity contribution in [1.29, 1.82) is 0 Å². The Kier molecular flexibility index (Phi) is 3.75. The molecule has 1 saturated heterocycles. The molecule has 1 fully saturated rings. The molecule has 15 heavy (non-hydrogen) atoms. The van der Waals surface area contributed by atoms with Crippen molar-refractivity contribution in [3.05, 3.63) is 18.0 Å². The average molecular weight is 208 g/mol. The number of rotatable bonds is 4. The van der Waals surface area contributed by atoms with Gasteiger partial charge in [0.1, 0.15) is 0 Å². The number of aromatic nitrogens is 2. The predicted molar refractivity (Wildman–Crippen MR) is 60.3 cm³/mol. The number of piperidine rings is 1. The van der Waals surface area contributed by atoms with Crippen LogP contribution in [0.3, 0.4) is 0 Å². The van der Waals surface area contributed by atoms with E-state index in [-0.39, 0.29) is 0 Å². The van der Waals surface area contributed by atoms with Crippen LogP contribution in [-0.4, -0.2) is 34.4 Å². The fourth-order valence-electron chi connectivity index (χ4n) is 2.01. The van der Waals surface area contributed by atoms with Crippen LogP contribution in [0.5, 0.6) is 0 Å². The molecule has 2 heterocycles. The van der Waals surface area contributed by atoms with Crippen LogP contribution in [-0.2, 0) is 13.5 Å². The summed E-state index contributed by atoms with van der Waals surface area (Å²) >= 11 is 0. The smallest absolute Gasteiger partial charge is 0.0522 e. The van der Waals surface area contributed by atoms with E-state index >= 15 is 0 Å². The molecule has 0 atom stereocenters. The number of aryl methyl sites for hydroxylation is 1. The maximum absolute atomic E-state index is 4.16. The summed E-state index contributed by atoms with van der Waals surface area (Å²) in [6.07, 6.45) is 9.14. The number of hydrazine groups is 1. The molecule has 0 saturated carbocycles. The molecule has 1 aliphatic rings. The quantitative estimate of drug-likeness (QED) is 0.800. The van der Waals surface area contributed by atoms with Gasteiger partial charge in [0.15, 0.2) is 0 Å².